The number of rotatable bonds is 58. The lowest BCUT2D eigenvalue weighted by Crippen LogP contribution is -2.46. The molecular weight excluding hydrogens is 876 g/mol. The van der Waals surface area contributed by atoms with Crippen LogP contribution >= 0.6 is 7.82 Å². The van der Waals surface area contributed by atoms with Gasteiger partial charge in [0.15, 0.2) is 0 Å². The summed E-state index contributed by atoms with van der Waals surface area (Å²) in [6.07, 6.45) is 63.3. The second-order valence-electron chi connectivity index (χ2n) is 22.8. The maximum absolute atomic E-state index is 12.9. The summed E-state index contributed by atoms with van der Waals surface area (Å²) in [7, 11) is 1.32. The number of aliphatic hydroxyl groups is 1. The maximum Gasteiger partial charge on any atom is 0.268 e. The Kier molecular flexibility index (Phi) is 52.0. The van der Waals surface area contributed by atoms with Crippen LogP contribution in [0, 0.1) is 0 Å². The fourth-order valence-corrected chi connectivity index (χ4v) is 10.5. The van der Waals surface area contributed by atoms with Crippen molar-refractivity contribution in [2.24, 2.45) is 0 Å². The molecule has 0 radical (unpaired) electrons. The predicted octanol–water partition coefficient (Wildman–Crippen LogP) is 18.2. The zero-order valence-electron chi connectivity index (χ0n) is 47.3. The molecule has 0 aromatic carbocycles. The second kappa shape index (κ2) is 52.4. The van der Waals surface area contributed by atoms with Crippen molar-refractivity contribution < 1.29 is 32.9 Å². The SMILES string of the molecule is CCCCCCCCCCCCCCCCCCCCCCCCCCCCCCCCCCCCCCC(=O)NC(COP(=O)([O-])OCC[N+](C)(C)C)C(O)CCCCCCCCCCCCC. The molecular formula is C60H123N2O6P. The zero-order chi connectivity index (χ0) is 50.6. The summed E-state index contributed by atoms with van der Waals surface area (Å²) in [5.41, 5.74) is 0. The quantitative estimate of drug-likeness (QED) is 0.0357. The van der Waals surface area contributed by atoms with Gasteiger partial charge in [0.1, 0.15) is 13.2 Å². The number of carbonyl (C=O) groups excluding carboxylic acids is 1. The average molecular weight is 1000 g/mol. The van der Waals surface area contributed by atoms with Crippen molar-refractivity contribution in [1.29, 1.82) is 0 Å². The molecule has 0 aromatic rings. The lowest BCUT2D eigenvalue weighted by Gasteiger charge is -2.30. The van der Waals surface area contributed by atoms with Gasteiger partial charge < -0.3 is 28.8 Å². The highest BCUT2D eigenvalue weighted by Crippen LogP contribution is 2.38. The summed E-state index contributed by atoms with van der Waals surface area (Å²) in [6.45, 7) is 4.76. The van der Waals surface area contributed by atoms with Gasteiger partial charge in [0.05, 0.1) is 39.9 Å². The molecule has 0 aliphatic rings. The molecule has 3 atom stereocenters. The van der Waals surface area contributed by atoms with Gasteiger partial charge in [-0.2, -0.15) is 0 Å². The number of amides is 1. The molecule has 69 heavy (non-hydrogen) atoms. The van der Waals surface area contributed by atoms with Gasteiger partial charge in [0.2, 0.25) is 5.91 Å². The van der Waals surface area contributed by atoms with Gasteiger partial charge in [-0.15, -0.1) is 0 Å². The zero-order valence-corrected chi connectivity index (χ0v) is 48.2. The lowest BCUT2D eigenvalue weighted by atomic mass is 10.0. The van der Waals surface area contributed by atoms with Gasteiger partial charge in [0, 0.05) is 6.42 Å². The van der Waals surface area contributed by atoms with Crippen LogP contribution in [0.5, 0.6) is 0 Å². The summed E-state index contributed by atoms with van der Waals surface area (Å²) < 4.78 is 23.4. The molecule has 9 heteroatoms. The number of carbonyl (C=O) groups is 1. The van der Waals surface area contributed by atoms with Crippen LogP contribution in [0.2, 0.25) is 0 Å². The highest BCUT2D eigenvalue weighted by atomic mass is 31.2. The van der Waals surface area contributed by atoms with Crippen molar-refractivity contribution in [3.63, 3.8) is 0 Å². The van der Waals surface area contributed by atoms with Gasteiger partial charge in [0.25, 0.3) is 7.82 Å². The molecule has 0 saturated heterocycles. The molecule has 0 bridgehead atoms. The fourth-order valence-electron chi connectivity index (χ4n) is 9.75. The summed E-state index contributed by atoms with van der Waals surface area (Å²) in [6, 6.07) is -0.794. The first-order chi connectivity index (χ1) is 33.5. The topological polar surface area (TPSA) is 108 Å². The van der Waals surface area contributed by atoms with E-state index in [2.05, 4.69) is 19.2 Å². The molecule has 0 aliphatic carbocycles. The van der Waals surface area contributed by atoms with Gasteiger partial charge in [-0.05, 0) is 12.8 Å². The van der Waals surface area contributed by atoms with Crippen LogP contribution in [0.4, 0.5) is 0 Å². The van der Waals surface area contributed by atoms with Crippen molar-refractivity contribution in [1.82, 2.24) is 5.32 Å². The van der Waals surface area contributed by atoms with Crippen molar-refractivity contribution in [2.45, 2.75) is 341 Å². The van der Waals surface area contributed by atoms with E-state index in [1.165, 1.54) is 263 Å². The Labute approximate surface area is 431 Å². The van der Waals surface area contributed by atoms with Crippen LogP contribution in [0.1, 0.15) is 328 Å². The number of aliphatic hydroxyl groups excluding tert-OH is 1. The number of hydrogen-bond acceptors (Lipinski definition) is 6. The fraction of sp³-hybridized carbons (Fsp3) is 0.983. The van der Waals surface area contributed by atoms with Gasteiger partial charge in [-0.1, -0.05) is 309 Å². The van der Waals surface area contributed by atoms with Crippen LogP contribution in [-0.2, 0) is 18.4 Å². The summed E-state index contributed by atoms with van der Waals surface area (Å²) in [5.74, 6) is -0.158. The minimum Gasteiger partial charge on any atom is -0.756 e. The van der Waals surface area contributed by atoms with Gasteiger partial charge in [-0.25, -0.2) is 0 Å². The lowest BCUT2D eigenvalue weighted by molar-refractivity contribution is -0.870. The standard InChI is InChI=1S/C60H123N2O6P/c1-6-8-10-12-14-16-18-19-20-21-22-23-24-25-26-27-28-29-30-31-32-33-34-35-36-37-38-39-40-41-42-44-46-48-50-52-54-60(64)61-58(57-68-69(65,66)67-56-55-62(3,4)5)59(63)53-51-49-47-45-43-17-15-13-11-9-7-2/h58-59,63H,6-57H2,1-5H3,(H-,61,64,65,66). The Morgan fingerprint density at radius 2 is 0.710 bits per heavy atom. The first-order valence-electron chi connectivity index (χ1n) is 30.9. The Morgan fingerprint density at radius 3 is 0.986 bits per heavy atom. The highest BCUT2D eigenvalue weighted by molar-refractivity contribution is 7.45. The molecule has 0 fully saturated rings. The van der Waals surface area contributed by atoms with Crippen LogP contribution < -0.4 is 10.2 Å². The van der Waals surface area contributed by atoms with E-state index in [4.69, 9.17) is 9.05 Å². The Hall–Kier alpha value is -0.500. The van der Waals surface area contributed by atoms with Crippen LogP contribution in [-0.4, -0.2) is 68.5 Å². The van der Waals surface area contributed by atoms with Crippen molar-refractivity contribution in [3.05, 3.63) is 0 Å². The van der Waals surface area contributed by atoms with Crippen molar-refractivity contribution in [2.75, 3.05) is 40.9 Å². The third kappa shape index (κ3) is 55.1. The van der Waals surface area contributed by atoms with Crippen LogP contribution in [0.3, 0.4) is 0 Å². The van der Waals surface area contributed by atoms with E-state index in [-0.39, 0.29) is 19.1 Å². The van der Waals surface area contributed by atoms with Crippen LogP contribution in [0.15, 0.2) is 0 Å². The first-order valence-corrected chi connectivity index (χ1v) is 32.3. The van der Waals surface area contributed by atoms with E-state index in [9.17, 15) is 19.4 Å². The molecule has 0 aromatic heterocycles. The molecule has 0 spiro atoms. The van der Waals surface area contributed by atoms with Crippen molar-refractivity contribution >= 4 is 13.7 Å². The average Bonchev–Trinajstić information content (AvgIpc) is 3.31. The minimum absolute atomic E-state index is 0.0162. The molecule has 2 N–H and O–H groups in total. The van der Waals surface area contributed by atoms with E-state index in [0.717, 1.165) is 38.5 Å². The Balaban J connectivity index is 3.81. The smallest absolute Gasteiger partial charge is 0.268 e. The second-order valence-corrected chi connectivity index (χ2v) is 24.2. The van der Waals surface area contributed by atoms with E-state index < -0.39 is 20.0 Å². The summed E-state index contributed by atoms with van der Waals surface area (Å²) >= 11 is 0. The Bertz CT molecular complexity index is 1090. The monoisotopic (exact) mass is 999 g/mol. The number of hydrogen-bond donors (Lipinski definition) is 2. The molecule has 1 amide bonds. The Morgan fingerprint density at radius 1 is 0.449 bits per heavy atom. The third-order valence-electron chi connectivity index (χ3n) is 14.6. The minimum atomic E-state index is -4.56. The molecule has 3 unspecified atom stereocenters. The number of phosphoric ester groups is 1. The molecule has 0 aliphatic heterocycles. The molecule has 414 valence electrons. The molecule has 0 heterocycles. The molecule has 0 rings (SSSR count). The highest BCUT2D eigenvalue weighted by Gasteiger charge is 2.24. The number of nitrogens with zero attached hydrogens (tertiary/aromatic N) is 1. The largest absolute Gasteiger partial charge is 0.756 e. The van der Waals surface area contributed by atoms with E-state index in [1.54, 1.807) is 0 Å². The summed E-state index contributed by atoms with van der Waals surface area (Å²) in [4.78, 5) is 25.5. The third-order valence-corrected chi connectivity index (χ3v) is 15.6. The van der Waals surface area contributed by atoms with Crippen LogP contribution in [0.25, 0.3) is 0 Å². The number of unbranched alkanes of at least 4 members (excludes halogenated alkanes) is 45. The number of nitrogens with one attached hydrogen (secondary N) is 1. The number of phosphoric acid groups is 1. The summed E-state index contributed by atoms with van der Waals surface area (Å²) in [5, 5.41) is 14.0. The van der Waals surface area contributed by atoms with E-state index in [0.29, 0.717) is 23.9 Å². The van der Waals surface area contributed by atoms with Gasteiger partial charge in [-0.3, -0.25) is 9.36 Å². The molecule has 8 nitrogen and oxygen atoms in total. The molecule has 0 saturated carbocycles. The predicted molar refractivity (Wildman–Crippen MR) is 298 cm³/mol. The van der Waals surface area contributed by atoms with Gasteiger partial charge >= 0.3 is 0 Å². The number of quaternary nitrogens is 1. The van der Waals surface area contributed by atoms with E-state index >= 15 is 0 Å². The number of likely N-dealkylation sites (N-methyl/N-ethyl adjacent to an activating group) is 1. The normalized spacial score (nSPS) is 13.8. The maximum atomic E-state index is 12.9. The van der Waals surface area contributed by atoms with Crippen molar-refractivity contribution in [3.8, 4) is 0 Å². The first kappa shape index (κ1) is 68.5. The van der Waals surface area contributed by atoms with E-state index in [1.807, 2.05) is 21.1 Å².